The quantitative estimate of drug-likeness (QED) is 0.204. The van der Waals surface area contributed by atoms with E-state index >= 15 is 0 Å². The summed E-state index contributed by atoms with van der Waals surface area (Å²) in [6.07, 6.45) is 4.18. The number of nitrogens with one attached hydrogen (secondary N) is 1. The van der Waals surface area contributed by atoms with Crippen molar-refractivity contribution in [1.82, 2.24) is 15.0 Å². The molecule has 0 aliphatic carbocycles. The summed E-state index contributed by atoms with van der Waals surface area (Å²) in [5.74, 6) is 0.207. The van der Waals surface area contributed by atoms with Crippen LogP contribution >= 0.6 is 11.3 Å². The molecule has 11 heteroatoms. The zero-order chi connectivity index (χ0) is 29.3. The number of methoxy groups -OCH3 is 1. The molecule has 0 radical (unpaired) electrons. The largest absolute Gasteiger partial charge is 0.494 e. The SMILES string of the molecule is C=CC(=O)Nc1c(-c2sc3c(C(N)=O)cnc(N)c3c2-c2ccc(Oc3nccc(C)n3)cc2)ccc(C)c1OC. The predicted molar refractivity (Wildman–Crippen MR) is 160 cm³/mol. The number of aryl methyl sites for hydroxylation is 2. The second-order valence-electron chi connectivity index (χ2n) is 9.07. The first kappa shape index (κ1) is 27.3. The Kier molecular flexibility index (Phi) is 7.36. The topological polar surface area (TPSA) is 155 Å². The van der Waals surface area contributed by atoms with E-state index in [1.165, 1.54) is 30.7 Å². The van der Waals surface area contributed by atoms with Gasteiger partial charge in [-0.15, -0.1) is 11.3 Å². The molecular weight excluding hydrogens is 540 g/mol. The highest BCUT2D eigenvalue weighted by molar-refractivity contribution is 7.23. The average Bonchev–Trinajstić information content (AvgIpc) is 3.35. The second-order valence-corrected chi connectivity index (χ2v) is 10.1. The van der Waals surface area contributed by atoms with E-state index in [0.717, 1.165) is 21.7 Å². The van der Waals surface area contributed by atoms with Crippen molar-refractivity contribution < 1.29 is 19.1 Å². The molecule has 0 atom stereocenters. The van der Waals surface area contributed by atoms with Crippen molar-refractivity contribution in [2.45, 2.75) is 13.8 Å². The molecule has 10 nitrogen and oxygen atoms in total. The Balaban J connectivity index is 1.76. The maximum absolute atomic E-state index is 12.5. The molecule has 5 rings (SSSR count). The van der Waals surface area contributed by atoms with Crippen LogP contribution in [0.5, 0.6) is 17.5 Å². The van der Waals surface area contributed by atoms with Gasteiger partial charge >= 0.3 is 6.01 Å². The van der Waals surface area contributed by atoms with Crippen molar-refractivity contribution in [3.05, 3.63) is 84.3 Å². The number of thiophene rings is 1. The van der Waals surface area contributed by atoms with Crippen LogP contribution in [0.2, 0.25) is 0 Å². The summed E-state index contributed by atoms with van der Waals surface area (Å²) >= 11 is 1.32. The van der Waals surface area contributed by atoms with Crippen LogP contribution in [0.3, 0.4) is 0 Å². The maximum Gasteiger partial charge on any atom is 0.322 e. The smallest absolute Gasteiger partial charge is 0.322 e. The van der Waals surface area contributed by atoms with E-state index in [1.54, 1.807) is 24.4 Å². The second kappa shape index (κ2) is 11.1. The summed E-state index contributed by atoms with van der Waals surface area (Å²) in [4.78, 5) is 38.3. The number of rotatable bonds is 8. The van der Waals surface area contributed by atoms with Gasteiger partial charge in [-0.3, -0.25) is 9.59 Å². The molecule has 41 heavy (non-hydrogen) atoms. The summed E-state index contributed by atoms with van der Waals surface area (Å²) < 4.78 is 12.1. The summed E-state index contributed by atoms with van der Waals surface area (Å²) in [5, 5.41) is 3.45. The van der Waals surface area contributed by atoms with Crippen LogP contribution in [0, 0.1) is 13.8 Å². The van der Waals surface area contributed by atoms with Gasteiger partial charge < -0.3 is 26.3 Å². The Bertz CT molecular complexity index is 1830. The lowest BCUT2D eigenvalue weighted by Crippen LogP contribution is -2.11. The van der Waals surface area contributed by atoms with Crippen molar-refractivity contribution >= 4 is 44.7 Å². The molecule has 0 aliphatic rings. The number of carbonyl (C=O) groups excluding carboxylic acids is 2. The van der Waals surface area contributed by atoms with Crippen LogP contribution in [0.1, 0.15) is 21.6 Å². The highest BCUT2D eigenvalue weighted by atomic mass is 32.1. The number of fused-ring (bicyclic) bond motifs is 1. The average molecular weight is 567 g/mol. The van der Waals surface area contributed by atoms with E-state index in [4.69, 9.17) is 20.9 Å². The van der Waals surface area contributed by atoms with Gasteiger partial charge in [0, 0.05) is 39.5 Å². The minimum absolute atomic E-state index is 0.228. The molecule has 0 saturated carbocycles. The Morgan fingerprint density at radius 3 is 2.49 bits per heavy atom. The number of amides is 2. The fourth-order valence-corrected chi connectivity index (χ4v) is 5.85. The van der Waals surface area contributed by atoms with Crippen LogP contribution in [-0.2, 0) is 4.79 Å². The summed E-state index contributed by atoms with van der Waals surface area (Å²) in [6, 6.07) is 13.1. The third-order valence-corrected chi connectivity index (χ3v) is 7.63. The molecule has 206 valence electrons. The van der Waals surface area contributed by atoms with E-state index in [9.17, 15) is 9.59 Å². The van der Waals surface area contributed by atoms with Gasteiger partial charge in [0.15, 0.2) is 0 Å². The lowest BCUT2D eigenvalue weighted by molar-refractivity contribution is -0.111. The van der Waals surface area contributed by atoms with Gasteiger partial charge in [0.1, 0.15) is 17.3 Å². The number of nitrogens with zero attached hydrogens (tertiary/aromatic N) is 3. The van der Waals surface area contributed by atoms with Gasteiger partial charge in [-0.25, -0.2) is 15.0 Å². The van der Waals surface area contributed by atoms with Crippen molar-refractivity contribution in [2.75, 3.05) is 18.2 Å². The normalized spacial score (nSPS) is 10.8. The Hall–Kier alpha value is -5.29. The number of hydrogen-bond acceptors (Lipinski definition) is 9. The van der Waals surface area contributed by atoms with Crippen molar-refractivity contribution in [3.8, 4) is 39.1 Å². The highest BCUT2D eigenvalue weighted by Gasteiger charge is 2.26. The van der Waals surface area contributed by atoms with Crippen LogP contribution < -0.4 is 26.3 Å². The summed E-state index contributed by atoms with van der Waals surface area (Å²) in [7, 11) is 1.53. The summed E-state index contributed by atoms with van der Waals surface area (Å²) in [5.41, 5.74) is 16.5. The van der Waals surface area contributed by atoms with Gasteiger partial charge in [0.05, 0.1) is 23.1 Å². The standard InChI is InChI=1S/C30H26N6O4S/c1-5-21(37)36-24-19(11-6-15(2)25(24)39-4)26-22(23-27(41-26)20(29(32)38)14-34-28(23)31)17-7-9-18(10-8-17)40-30-33-13-12-16(3)35-30/h5-14H,1H2,2-4H3,(H2,31,34)(H2,32,38)(H,36,37). The number of carbonyl (C=O) groups is 2. The van der Waals surface area contributed by atoms with E-state index in [1.807, 2.05) is 38.1 Å². The first-order chi connectivity index (χ1) is 19.7. The van der Waals surface area contributed by atoms with E-state index in [2.05, 4.69) is 26.8 Å². The van der Waals surface area contributed by atoms with Crippen molar-refractivity contribution in [3.63, 3.8) is 0 Å². The van der Waals surface area contributed by atoms with Crippen molar-refractivity contribution in [1.29, 1.82) is 0 Å². The molecular formula is C30H26N6O4S. The van der Waals surface area contributed by atoms with Gasteiger partial charge in [-0.2, -0.15) is 0 Å². The fourth-order valence-electron chi connectivity index (χ4n) is 4.47. The molecule has 3 heterocycles. The van der Waals surface area contributed by atoms with E-state index < -0.39 is 11.8 Å². The molecule has 3 aromatic heterocycles. The van der Waals surface area contributed by atoms with Crippen LogP contribution in [0.25, 0.3) is 31.7 Å². The number of pyridine rings is 1. The van der Waals surface area contributed by atoms with Crippen LogP contribution in [-0.4, -0.2) is 33.9 Å². The number of primary amides is 1. The molecule has 2 aromatic carbocycles. The first-order valence-corrected chi connectivity index (χ1v) is 13.2. The monoisotopic (exact) mass is 566 g/mol. The minimum atomic E-state index is -0.634. The molecule has 5 aromatic rings. The number of hydrogen-bond donors (Lipinski definition) is 3. The maximum atomic E-state index is 12.5. The number of nitrogen functional groups attached to an aromatic ring is 1. The number of ether oxygens (including phenoxy) is 2. The number of aromatic nitrogens is 3. The zero-order valence-electron chi connectivity index (χ0n) is 22.5. The Morgan fingerprint density at radius 2 is 1.83 bits per heavy atom. The predicted octanol–water partition coefficient (Wildman–Crippen LogP) is 5.64. The Morgan fingerprint density at radius 1 is 1.07 bits per heavy atom. The molecule has 0 aliphatic heterocycles. The molecule has 5 N–H and O–H groups in total. The first-order valence-electron chi connectivity index (χ1n) is 12.4. The number of anilines is 2. The molecule has 2 amide bonds. The number of nitrogens with two attached hydrogens (primary N) is 2. The molecule has 0 fully saturated rings. The van der Waals surface area contributed by atoms with Gasteiger partial charge in [-0.05, 0) is 49.2 Å². The highest BCUT2D eigenvalue weighted by Crippen LogP contribution is 2.51. The van der Waals surface area contributed by atoms with E-state index in [0.29, 0.717) is 38.4 Å². The Labute approximate surface area is 239 Å². The minimum Gasteiger partial charge on any atom is -0.494 e. The van der Waals surface area contributed by atoms with Gasteiger partial charge in [-0.1, -0.05) is 30.8 Å². The third kappa shape index (κ3) is 5.18. The van der Waals surface area contributed by atoms with Gasteiger partial charge in [0.2, 0.25) is 5.91 Å². The third-order valence-electron chi connectivity index (χ3n) is 6.37. The zero-order valence-corrected chi connectivity index (χ0v) is 23.3. The lowest BCUT2D eigenvalue weighted by Gasteiger charge is -2.17. The van der Waals surface area contributed by atoms with Crippen molar-refractivity contribution in [2.24, 2.45) is 5.73 Å². The molecule has 0 bridgehead atoms. The summed E-state index contributed by atoms with van der Waals surface area (Å²) in [6.45, 7) is 7.30. The lowest BCUT2D eigenvalue weighted by atomic mass is 9.96. The molecule has 0 unspecified atom stereocenters. The number of benzene rings is 2. The molecule has 0 spiro atoms. The molecule has 0 saturated heterocycles. The fraction of sp³-hybridized carbons (Fsp3) is 0.100. The van der Waals surface area contributed by atoms with E-state index in [-0.39, 0.29) is 17.4 Å². The van der Waals surface area contributed by atoms with Gasteiger partial charge in [0.25, 0.3) is 5.91 Å². The van der Waals surface area contributed by atoms with Crippen LogP contribution in [0.4, 0.5) is 11.5 Å². The van der Waals surface area contributed by atoms with Crippen LogP contribution in [0.15, 0.2) is 67.5 Å².